The van der Waals surface area contributed by atoms with Crippen LogP contribution in [0.3, 0.4) is 0 Å². The minimum atomic E-state index is -0.275. The molecule has 162 valence electrons. The Labute approximate surface area is 192 Å². The number of rotatable bonds is 4. The second kappa shape index (κ2) is 10.5. The van der Waals surface area contributed by atoms with Crippen molar-refractivity contribution in [2.45, 2.75) is 32.6 Å². The van der Waals surface area contributed by atoms with Crippen LogP contribution in [0, 0.1) is 12.3 Å². The molecule has 0 radical (unpaired) electrons. The maximum Gasteiger partial charge on any atom is 0.230 e. The molecule has 0 unspecified atom stereocenters. The number of piperazine rings is 1. The smallest absolute Gasteiger partial charge is 0.230 e. The summed E-state index contributed by atoms with van der Waals surface area (Å²) in [4.78, 5) is 23.8. The third-order valence-corrected chi connectivity index (χ3v) is 6.16. The van der Waals surface area contributed by atoms with E-state index in [2.05, 4.69) is 51.3 Å². The fourth-order valence-electron chi connectivity index (χ4n) is 4.57. The molecule has 1 heterocycles. The summed E-state index contributed by atoms with van der Waals surface area (Å²) in [6.45, 7) is 6.64. The van der Waals surface area contributed by atoms with E-state index in [4.69, 9.17) is 0 Å². The second-order valence-electron chi connectivity index (χ2n) is 8.40. The first-order valence-corrected chi connectivity index (χ1v) is 10.4. The van der Waals surface area contributed by atoms with E-state index < -0.39 is 0 Å². The largest absolute Gasteiger partial charge is 0.368 e. The highest BCUT2D eigenvalue weighted by atomic mass is 127. The number of nitrogens with one attached hydrogen (secondary N) is 1. The van der Waals surface area contributed by atoms with Crippen LogP contribution in [0.4, 0.5) is 5.69 Å². The van der Waals surface area contributed by atoms with E-state index in [0.29, 0.717) is 6.54 Å². The lowest BCUT2D eigenvalue weighted by Gasteiger charge is -2.39. The lowest BCUT2D eigenvalue weighted by atomic mass is 9.84. The second-order valence-corrected chi connectivity index (χ2v) is 8.40. The number of hydrogen-bond donors (Lipinski definition) is 1. The number of halogens is 1. The molecule has 2 fully saturated rings. The number of carbonyl (C=O) groups is 1. The first-order chi connectivity index (χ1) is 13.4. The maximum absolute atomic E-state index is 12.8. The number of aryl methyl sites for hydroxylation is 1. The van der Waals surface area contributed by atoms with Gasteiger partial charge in [0, 0.05) is 59.6 Å². The average molecular weight is 513 g/mol. The Kier molecular flexibility index (Phi) is 8.60. The van der Waals surface area contributed by atoms with Gasteiger partial charge in [0.1, 0.15) is 0 Å². The van der Waals surface area contributed by atoms with Crippen LogP contribution in [0.1, 0.15) is 31.2 Å². The third-order valence-electron chi connectivity index (χ3n) is 6.16. The summed E-state index contributed by atoms with van der Waals surface area (Å²) in [6, 6.07) is 8.70. The van der Waals surface area contributed by atoms with Crippen molar-refractivity contribution in [3.05, 3.63) is 29.8 Å². The monoisotopic (exact) mass is 513 g/mol. The summed E-state index contributed by atoms with van der Waals surface area (Å²) in [6.07, 6.45) is 4.20. The number of anilines is 1. The molecule has 1 amide bonds. The van der Waals surface area contributed by atoms with Crippen molar-refractivity contribution in [1.29, 1.82) is 0 Å². The van der Waals surface area contributed by atoms with Crippen LogP contribution in [0.25, 0.3) is 0 Å². The molecule has 7 heteroatoms. The van der Waals surface area contributed by atoms with Crippen molar-refractivity contribution < 1.29 is 4.79 Å². The van der Waals surface area contributed by atoms with Gasteiger partial charge in [0.15, 0.2) is 5.96 Å². The van der Waals surface area contributed by atoms with Crippen LogP contribution in [-0.2, 0) is 4.79 Å². The van der Waals surface area contributed by atoms with Gasteiger partial charge in [-0.3, -0.25) is 9.79 Å². The number of guanidine groups is 1. The highest BCUT2D eigenvalue weighted by molar-refractivity contribution is 14.0. The first kappa shape index (κ1) is 23.8. The molecule has 0 spiro atoms. The van der Waals surface area contributed by atoms with E-state index in [1.807, 2.05) is 21.1 Å². The zero-order chi connectivity index (χ0) is 20.1. The van der Waals surface area contributed by atoms with Crippen LogP contribution in [0.2, 0.25) is 0 Å². The van der Waals surface area contributed by atoms with Crippen LogP contribution in [0.15, 0.2) is 29.3 Å². The zero-order valence-corrected chi connectivity index (χ0v) is 20.6. The fraction of sp³-hybridized carbons (Fsp3) is 0.636. The van der Waals surface area contributed by atoms with E-state index in [0.717, 1.165) is 57.8 Å². The van der Waals surface area contributed by atoms with Crippen LogP contribution < -0.4 is 10.2 Å². The standard InChI is InChI=1S/C22H35N5O.HI/c1-18-8-7-9-19(16-18)26-12-14-27(15-13-26)21(23-2)24-17-22(10-5-6-11-22)20(28)25(3)4;/h7-9,16H,5-6,10-15,17H2,1-4H3,(H,23,24);1H. The SMILES string of the molecule is CN=C(NCC1(C(=O)N(C)C)CCCC1)N1CCN(c2cccc(C)c2)CC1.I. The van der Waals surface area contributed by atoms with Gasteiger partial charge in [-0.05, 0) is 37.5 Å². The molecule has 1 saturated heterocycles. The summed E-state index contributed by atoms with van der Waals surface area (Å²) >= 11 is 0. The minimum absolute atomic E-state index is 0. The van der Waals surface area contributed by atoms with Gasteiger partial charge in [-0.1, -0.05) is 25.0 Å². The molecule has 1 N–H and O–H groups in total. The van der Waals surface area contributed by atoms with Crippen molar-refractivity contribution in [1.82, 2.24) is 15.1 Å². The molecule has 6 nitrogen and oxygen atoms in total. The lowest BCUT2D eigenvalue weighted by molar-refractivity contribution is -0.138. The highest BCUT2D eigenvalue weighted by Crippen LogP contribution is 2.39. The number of aliphatic imine (C=N–C) groups is 1. The Bertz CT molecular complexity index is 707. The molecule has 0 bridgehead atoms. The average Bonchev–Trinajstić information content (AvgIpc) is 3.18. The number of hydrogen-bond acceptors (Lipinski definition) is 3. The summed E-state index contributed by atoms with van der Waals surface area (Å²) in [7, 11) is 5.56. The number of nitrogens with zero attached hydrogens (tertiary/aromatic N) is 4. The van der Waals surface area contributed by atoms with Gasteiger partial charge < -0.3 is 20.0 Å². The van der Waals surface area contributed by atoms with E-state index >= 15 is 0 Å². The Balaban J connectivity index is 0.00000300. The van der Waals surface area contributed by atoms with E-state index in [9.17, 15) is 4.79 Å². The molecule has 3 rings (SSSR count). The summed E-state index contributed by atoms with van der Waals surface area (Å²) in [5.41, 5.74) is 2.32. The molecular formula is C22H36IN5O. The molecular weight excluding hydrogens is 477 g/mol. The molecule has 2 aliphatic rings. The summed E-state index contributed by atoms with van der Waals surface area (Å²) < 4.78 is 0. The van der Waals surface area contributed by atoms with Gasteiger partial charge in [0.25, 0.3) is 0 Å². The Morgan fingerprint density at radius 2 is 1.83 bits per heavy atom. The van der Waals surface area contributed by atoms with Gasteiger partial charge in [0.2, 0.25) is 5.91 Å². The molecule has 1 aromatic rings. The van der Waals surface area contributed by atoms with Gasteiger partial charge >= 0.3 is 0 Å². The summed E-state index contributed by atoms with van der Waals surface area (Å²) in [5, 5.41) is 3.53. The topological polar surface area (TPSA) is 51.2 Å². The van der Waals surface area contributed by atoms with E-state index in [1.165, 1.54) is 11.3 Å². The molecule has 0 aromatic heterocycles. The maximum atomic E-state index is 12.8. The van der Waals surface area contributed by atoms with Gasteiger partial charge in [0.05, 0.1) is 5.41 Å². The molecule has 1 aliphatic heterocycles. The van der Waals surface area contributed by atoms with E-state index in [-0.39, 0.29) is 35.3 Å². The van der Waals surface area contributed by atoms with Crippen molar-refractivity contribution >= 4 is 41.5 Å². The van der Waals surface area contributed by atoms with Crippen LogP contribution in [-0.4, -0.2) is 75.5 Å². The Hall–Kier alpha value is -1.51. The molecule has 1 saturated carbocycles. The van der Waals surface area contributed by atoms with Crippen LogP contribution in [0.5, 0.6) is 0 Å². The molecule has 1 aliphatic carbocycles. The molecule has 1 aromatic carbocycles. The van der Waals surface area contributed by atoms with Crippen molar-refractivity contribution in [2.24, 2.45) is 10.4 Å². The fourth-order valence-corrected chi connectivity index (χ4v) is 4.57. The van der Waals surface area contributed by atoms with Gasteiger partial charge in [-0.2, -0.15) is 0 Å². The highest BCUT2D eigenvalue weighted by Gasteiger charge is 2.42. The molecule has 0 atom stereocenters. The first-order valence-electron chi connectivity index (χ1n) is 10.4. The normalized spacial score (nSPS) is 19.0. The zero-order valence-electron chi connectivity index (χ0n) is 18.3. The number of carbonyl (C=O) groups excluding carboxylic acids is 1. The van der Waals surface area contributed by atoms with Gasteiger partial charge in [-0.15, -0.1) is 24.0 Å². The molecule has 29 heavy (non-hydrogen) atoms. The minimum Gasteiger partial charge on any atom is -0.368 e. The van der Waals surface area contributed by atoms with Crippen molar-refractivity contribution in [3.63, 3.8) is 0 Å². The van der Waals surface area contributed by atoms with Gasteiger partial charge in [-0.25, -0.2) is 0 Å². The van der Waals surface area contributed by atoms with E-state index in [1.54, 1.807) is 4.90 Å². The van der Waals surface area contributed by atoms with Crippen molar-refractivity contribution in [3.8, 4) is 0 Å². The lowest BCUT2D eigenvalue weighted by Crippen LogP contribution is -2.55. The van der Waals surface area contributed by atoms with Crippen molar-refractivity contribution in [2.75, 3.05) is 58.8 Å². The predicted molar refractivity (Wildman–Crippen MR) is 131 cm³/mol. The number of amides is 1. The summed E-state index contributed by atoms with van der Waals surface area (Å²) in [5.74, 6) is 1.17. The Morgan fingerprint density at radius 3 is 2.38 bits per heavy atom. The Morgan fingerprint density at radius 1 is 1.17 bits per heavy atom. The predicted octanol–water partition coefficient (Wildman–Crippen LogP) is 2.96. The quantitative estimate of drug-likeness (QED) is 0.382. The number of benzene rings is 1. The third kappa shape index (κ3) is 5.55. The van der Waals surface area contributed by atoms with Crippen LogP contribution >= 0.6 is 24.0 Å².